The molecule has 28 heavy (non-hydrogen) atoms. The van der Waals surface area contributed by atoms with Crippen LogP contribution in [0.2, 0.25) is 0 Å². The lowest BCUT2D eigenvalue weighted by molar-refractivity contribution is 0.0945. The van der Waals surface area contributed by atoms with E-state index in [1.165, 1.54) is 5.56 Å². The first-order valence-electron chi connectivity index (χ1n) is 8.99. The third kappa shape index (κ3) is 4.15. The minimum atomic E-state index is -0.278. The van der Waals surface area contributed by atoms with Gasteiger partial charge in [-0.2, -0.15) is 0 Å². The second kappa shape index (κ2) is 8.30. The number of nitrogens with zero attached hydrogens (tertiary/aromatic N) is 4. The molecule has 0 atom stereocenters. The molecule has 0 radical (unpaired) electrons. The monoisotopic (exact) mass is 373 g/mol. The highest BCUT2D eigenvalue weighted by Gasteiger charge is 2.14. The van der Waals surface area contributed by atoms with Crippen molar-refractivity contribution >= 4 is 5.91 Å². The zero-order valence-electron chi connectivity index (χ0n) is 15.2. The average Bonchev–Trinajstić information content (AvgIpc) is 3.40. The minimum Gasteiger partial charge on any atom is -0.355 e. The Kier molecular flexibility index (Phi) is 5.24. The van der Waals surface area contributed by atoms with Gasteiger partial charge >= 0.3 is 0 Å². The van der Waals surface area contributed by atoms with E-state index in [-0.39, 0.29) is 11.6 Å². The first kappa shape index (κ1) is 17.7. The van der Waals surface area contributed by atoms with Crippen molar-refractivity contribution < 1.29 is 9.32 Å². The van der Waals surface area contributed by atoms with Crippen molar-refractivity contribution in [1.29, 1.82) is 0 Å². The van der Waals surface area contributed by atoms with Crippen LogP contribution >= 0.6 is 0 Å². The third-order valence-electron chi connectivity index (χ3n) is 4.32. The predicted octanol–water partition coefficient (Wildman–Crippen LogP) is 2.95. The molecule has 0 aliphatic rings. The van der Waals surface area contributed by atoms with Crippen LogP contribution < -0.4 is 5.32 Å². The van der Waals surface area contributed by atoms with E-state index < -0.39 is 0 Å². The molecule has 0 aliphatic heterocycles. The summed E-state index contributed by atoms with van der Waals surface area (Å²) in [5.41, 5.74) is 2.22. The Bertz CT molecular complexity index is 1040. The summed E-state index contributed by atoms with van der Waals surface area (Å²) in [5, 5.41) is 6.71. The second-order valence-corrected chi connectivity index (χ2v) is 6.28. The molecule has 0 saturated carbocycles. The SMILES string of the molecule is O=C(NCCc1nccn1Cc1ccccc1)c1cc(-c2cccnc2)on1. The van der Waals surface area contributed by atoms with Crippen molar-refractivity contribution in [3.05, 3.63) is 90.4 Å². The van der Waals surface area contributed by atoms with Crippen molar-refractivity contribution in [1.82, 2.24) is 25.0 Å². The van der Waals surface area contributed by atoms with E-state index in [9.17, 15) is 4.79 Å². The number of nitrogens with one attached hydrogen (secondary N) is 1. The average molecular weight is 373 g/mol. The van der Waals surface area contributed by atoms with Gasteiger partial charge in [0.25, 0.3) is 5.91 Å². The Labute approximate surface area is 162 Å². The summed E-state index contributed by atoms with van der Waals surface area (Å²) in [6.45, 7) is 1.21. The zero-order chi connectivity index (χ0) is 19.2. The molecule has 0 spiro atoms. The number of aromatic nitrogens is 4. The Balaban J connectivity index is 1.33. The number of carbonyl (C=O) groups excluding carboxylic acids is 1. The summed E-state index contributed by atoms with van der Waals surface area (Å²) >= 11 is 0. The molecule has 140 valence electrons. The Morgan fingerprint density at radius 2 is 2.00 bits per heavy atom. The molecular weight excluding hydrogens is 354 g/mol. The Hall–Kier alpha value is -3.74. The number of pyridine rings is 1. The number of amides is 1. The van der Waals surface area contributed by atoms with Gasteiger partial charge in [-0.25, -0.2) is 4.98 Å². The number of imidazole rings is 1. The van der Waals surface area contributed by atoms with E-state index >= 15 is 0 Å². The molecule has 3 heterocycles. The molecule has 0 fully saturated rings. The van der Waals surface area contributed by atoms with Crippen LogP contribution in [0.25, 0.3) is 11.3 Å². The van der Waals surface area contributed by atoms with E-state index in [1.807, 2.05) is 30.5 Å². The quantitative estimate of drug-likeness (QED) is 0.538. The smallest absolute Gasteiger partial charge is 0.273 e. The van der Waals surface area contributed by atoms with Crippen LogP contribution in [0.5, 0.6) is 0 Å². The molecule has 0 bridgehead atoms. The number of carbonyl (C=O) groups is 1. The lowest BCUT2D eigenvalue weighted by Gasteiger charge is -2.08. The van der Waals surface area contributed by atoms with Gasteiger partial charge in [-0.15, -0.1) is 0 Å². The maximum Gasteiger partial charge on any atom is 0.273 e. The normalized spacial score (nSPS) is 10.7. The van der Waals surface area contributed by atoms with E-state index in [1.54, 1.807) is 30.7 Å². The van der Waals surface area contributed by atoms with E-state index in [0.717, 1.165) is 17.9 Å². The van der Waals surface area contributed by atoms with Gasteiger partial charge in [-0.05, 0) is 17.7 Å². The van der Waals surface area contributed by atoms with Crippen LogP contribution in [0.3, 0.4) is 0 Å². The largest absolute Gasteiger partial charge is 0.355 e. The maximum absolute atomic E-state index is 12.3. The lowest BCUT2D eigenvalue weighted by atomic mass is 10.2. The van der Waals surface area contributed by atoms with Crippen molar-refractivity contribution in [2.24, 2.45) is 0 Å². The van der Waals surface area contributed by atoms with Crippen LogP contribution in [-0.2, 0) is 13.0 Å². The fourth-order valence-corrected chi connectivity index (χ4v) is 2.90. The van der Waals surface area contributed by atoms with Gasteiger partial charge in [0, 0.05) is 55.9 Å². The van der Waals surface area contributed by atoms with Gasteiger partial charge in [-0.1, -0.05) is 35.5 Å². The molecule has 1 amide bonds. The highest BCUT2D eigenvalue weighted by Crippen LogP contribution is 2.18. The fourth-order valence-electron chi connectivity index (χ4n) is 2.90. The van der Waals surface area contributed by atoms with E-state index in [0.29, 0.717) is 18.7 Å². The number of hydrogen-bond donors (Lipinski definition) is 1. The lowest BCUT2D eigenvalue weighted by Crippen LogP contribution is -2.26. The van der Waals surface area contributed by atoms with Crippen LogP contribution in [0.15, 0.2) is 77.8 Å². The highest BCUT2D eigenvalue weighted by atomic mass is 16.5. The minimum absolute atomic E-state index is 0.242. The molecular formula is C21H19N5O2. The summed E-state index contributed by atoms with van der Waals surface area (Å²) < 4.78 is 7.32. The highest BCUT2D eigenvalue weighted by molar-refractivity contribution is 5.93. The van der Waals surface area contributed by atoms with Crippen molar-refractivity contribution in [2.75, 3.05) is 6.54 Å². The molecule has 1 aromatic carbocycles. The number of benzene rings is 1. The second-order valence-electron chi connectivity index (χ2n) is 6.28. The van der Waals surface area contributed by atoms with Crippen LogP contribution in [-0.4, -0.2) is 32.1 Å². The Morgan fingerprint density at radius 1 is 1.11 bits per heavy atom. The van der Waals surface area contributed by atoms with Gasteiger partial charge in [0.05, 0.1) is 0 Å². The summed E-state index contributed by atoms with van der Waals surface area (Å²) in [6.07, 6.45) is 7.68. The zero-order valence-corrected chi connectivity index (χ0v) is 15.2. The third-order valence-corrected chi connectivity index (χ3v) is 4.32. The van der Waals surface area contributed by atoms with E-state index in [2.05, 4.69) is 37.1 Å². The van der Waals surface area contributed by atoms with Crippen molar-refractivity contribution in [3.63, 3.8) is 0 Å². The number of rotatable bonds is 7. The molecule has 7 nitrogen and oxygen atoms in total. The van der Waals surface area contributed by atoms with Gasteiger partial charge in [-0.3, -0.25) is 9.78 Å². The molecule has 4 rings (SSSR count). The van der Waals surface area contributed by atoms with Crippen LogP contribution in [0, 0.1) is 0 Å². The van der Waals surface area contributed by atoms with Crippen molar-refractivity contribution in [3.8, 4) is 11.3 Å². The summed E-state index contributed by atoms with van der Waals surface area (Å²) in [4.78, 5) is 20.7. The standard InChI is InChI=1S/C21H19N5O2/c27-21(18-13-19(28-25-18)17-7-4-9-22-14-17)24-10-8-20-23-11-12-26(20)15-16-5-2-1-3-6-16/h1-7,9,11-14H,8,10,15H2,(H,24,27). The molecule has 0 unspecified atom stereocenters. The summed E-state index contributed by atoms with van der Waals surface area (Å²) in [6, 6.07) is 15.5. The molecule has 0 aliphatic carbocycles. The topological polar surface area (TPSA) is 85.8 Å². The molecule has 7 heteroatoms. The maximum atomic E-state index is 12.3. The Morgan fingerprint density at radius 3 is 2.82 bits per heavy atom. The van der Waals surface area contributed by atoms with Gasteiger partial charge in [0.1, 0.15) is 5.82 Å². The fraction of sp³-hybridized carbons (Fsp3) is 0.143. The van der Waals surface area contributed by atoms with Gasteiger partial charge < -0.3 is 14.4 Å². The first-order chi connectivity index (χ1) is 13.8. The summed E-state index contributed by atoms with van der Waals surface area (Å²) in [7, 11) is 0. The number of hydrogen-bond acceptors (Lipinski definition) is 5. The first-order valence-corrected chi connectivity index (χ1v) is 8.99. The molecule has 1 N–H and O–H groups in total. The predicted molar refractivity (Wildman–Crippen MR) is 104 cm³/mol. The summed E-state index contributed by atoms with van der Waals surface area (Å²) in [5.74, 6) is 1.15. The molecule has 0 saturated heterocycles. The van der Waals surface area contributed by atoms with Gasteiger partial charge in [0.15, 0.2) is 11.5 Å². The van der Waals surface area contributed by atoms with Gasteiger partial charge in [0.2, 0.25) is 0 Å². The van der Waals surface area contributed by atoms with Crippen LogP contribution in [0.4, 0.5) is 0 Å². The van der Waals surface area contributed by atoms with E-state index in [4.69, 9.17) is 4.52 Å². The molecule has 3 aromatic heterocycles. The van der Waals surface area contributed by atoms with Crippen LogP contribution in [0.1, 0.15) is 21.9 Å². The molecule has 4 aromatic rings. The van der Waals surface area contributed by atoms with Crippen molar-refractivity contribution in [2.45, 2.75) is 13.0 Å².